The summed E-state index contributed by atoms with van der Waals surface area (Å²) in [5.74, 6) is 0. The summed E-state index contributed by atoms with van der Waals surface area (Å²) in [6.45, 7) is 4.25. The van der Waals surface area contributed by atoms with Crippen LogP contribution in [0.1, 0.15) is 38.9 Å². The smallest absolute Gasteiger partial charge is 0.305 e. The third-order valence-electron chi connectivity index (χ3n) is 12.7. The maximum absolute atomic E-state index is 9.53. The second-order valence-corrected chi connectivity index (χ2v) is 17.3. The Labute approximate surface area is 419 Å². The van der Waals surface area contributed by atoms with Crippen LogP contribution in [0, 0.1) is 43.4 Å². The molecule has 3 aromatic heterocycles. The first-order chi connectivity index (χ1) is 33.5. The van der Waals surface area contributed by atoms with E-state index in [-0.39, 0.29) is 20.1 Å². The molecule has 7 aromatic carbocycles. The molecular weight excluding hydrogens is 1020 g/mol. The van der Waals surface area contributed by atoms with Gasteiger partial charge in [-0.1, -0.05) is 133 Å². The second kappa shape index (κ2) is 21.4. The van der Waals surface area contributed by atoms with Crippen LogP contribution in [0.15, 0.2) is 201 Å². The van der Waals surface area contributed by atoms with Crippen molar-refractivity contribution in [2.24, 2.45) is 0 Å². The van der Waals surface area contributed by atoms with Crippen molar-refractivity contribution in [3.05, 3.63) is 258 Å². The Kier molecular flexibility index (Phi) is 14.3. The average Bonchev–Trinajstić information content (AvgIpc) is 3.40. The number of hydrogen-bond acceptors (Lipinski definition) is 4. The molecule has 3 heterocycles. The second-order valence-electron chi connectivity index (χ2n) is 17.3. The van der Waals surface area contributed by atoms with Crippen molar-refractivity contribution in [1.29, 1.82) is 5.26 Å². The van der Waals surface area contributed by atoms with Gasteiger partial charge in [0, 0.05) is 18.6 Å². The maximum atomic E-state index is 9.53. The minimum atomic E-state index is 0. The Hall–Kier alpha value is -7.87. The molecule has 4 nitrogen and oxygen atoms in total. The number of rotatable bonds is 13. The van der Waals surface area contributed by atoms with Gasteiger partial charge < -0.3 is 15.0 Å². The van der Waals surface area contributed by atoms with Crippen LogP contribution in [0.25, 0.3) is 78.3 Å². The zero-order valence-corrected chi connectivity index (χ0v) is 40.9. The summed E-state index contributed by atoms with van der Waals surface area (Å²) in [4.78, 5) is 13.8. The van der Waals surface area contributed by atoms with Gasteiger partial charge in [-0.15, -0.1) is 94.5 Å². The van der Waals surface area contributed by atoms with Gasteiger partial charge in [-0.3, -0.25) is 0 Å². The summed E-state index contributed by atoms with van der Waals surface area (Å²) in [5, 5.41) is 9.53. The summed E-state index contributed by atoms with van der Waals surface area (Å²) < 4.78 is 0. The van der Waals surface area contributed by atoms with Gasteiger partial charge in [0.15, 0.2) is 0 Å². The van der Waals surface area contributed by atoms with Crippen molar-refractivity contribution >= 4 is 0 Å². The van der Waals surface area contributed by atoms with Crippen LogP contribution >= 0.6 is 0 Å². The van der Waals surface area contributed by atoms with E-state index in [0.29, 0.717) is 5.56 Å². The first-order valence-electron chi connectivity index (χ1n) is 23.1. The van der Waals surface area contributed by atoms with Crippen LogP contribution in [0.3, 0.4) is 0 Å². The molecule has 5 heteroatoms. The van der Waals surface area contributed by atoms with E-state index in [1.54, 1.807) is 0 Å². The fraction of sp³-hybridized carbons (Fsp3) is 0.0938. The molecule has 332 valence electrons. The zero-order valence-electron chi connectivity index (χ0n) is 38.5. The monoisotopic (exact) mass is 1060 g/mol. The topological polar surface area (TPSA) is 62.5 Å². The Bertz CT molecular complexity index is 3290. The SMILES string of the molecule is Cc1cc(C#N)ccc1-c1ccc(-c2cc(-c3ccccn3)[c-]cc2-c2ccccc2-c2cc(CCc3c[c-]c(-c4ccccn4)cc3)cc(CCc3c[c-]c(-c4ccccn4)cc3)c2)cc1C.[Ir+3]. The Morgan fingerprint density at radius 2 is 0.899 bits per heavy atom. The van der Waals surface area contributed by atoms with Crippen LogP contribution in [0.2, 0.25) is 0 Å². The van der Waals surface area contributed by atoms with Crippen molar-refractivity contribution in [3.8, 4) is 84.3 Å². The van der Waals surface area contributed by atoms with Crippen molar-refractivity contribution < 1.29 is 20.1 Å². The molecule has 10 aromatic rings. The predicted molar refractivity (Wildman–Crippen MR) is 276 cm³/mol. The maximum Gasteiger partial charge on any atom is 3.00 e. The summed E-state index contributed by atoms with van der Waals surface area (Å²) in [6.07, 6.45) is 9.02. The van der Waals surface area contributed by atoms with Gasteiger partial charge in [-0.25, -0.2) is 0 Å². The van der Waals surface area contributed by atoms with Gasteiger partial charge in [-0.2, -0.15) is 5.26 Å². The fourth-order valence-corrected chi connectivity index (χ4v) is 9.13. The molecule has 0 aliphatic rings. The van der Waals surface area contributed by atoms with E-state index in [9.17, 15) is 5.26 Å². The number of nitriles is 1. The first-order valence-corrected chi connectivity index (χ1v) is 23.1. The number of nitrogens with zero attached hydrogens (tertiary/aromatic N) is 4. The third kappa shape index (κ3) is 10.6. The molecule has 69 heavy (non-hydrogen) atoms. The van der Waals surface area contributed by atoms with Crippen LogP contribution in [0.5, 0.6) is 0 Å². The molecule has 0 radical (unpaired) electrons. The Morgan fingerprint density at radius 1 is 0.391 bits per heavy atom. The quantitative estimate of drug-likeness (QED) is 0.108. The molecule has 10 rings (SSSR count). The van der Waals surface area contributed by atoms with Crippen molar-refractivity contribution in [2.45, 2.75) is 39.5 Å². The largest absolute Gasteiger partial charge is 3.00 e. The molecule has 0 amide bonds. The van der Waals surface area contributed by atoms with Gasteiger partial charge >= 0.3 is 20.1 Å². The molecule has 0 atom stereocenters. The molecule has 0 saturated carbocycles. The minimum absolute atomic E-state index is 0. The normalized spacial score (nSPS) is 10.9. The van der Waals surface area contributed by atoms with Gasteiger partial charge in [0.2, 0.25) is 0 Å². The van der Waals surface area contributed by atoms with E-state index in [1.807, 2.05) is 85.3 Å². The van der Waals surface area contributed by atoms with Gasteiger partial charge in [0.05, 0.1) is 11.6 Å². The molecule has 0 unspecified atom stereocenters. The van der Waals surface area contributed by atoms with E-state index >= 15 is 0 Å². The van der Waals surface area contributed by atoms with E-state index in [0.717, 1.165) is 104 Å². The molecule has 0 bridgehead atoms. The Balaban J connectivity index is 0.00000593. The molecular formula is C64H47IrN4. The van der Waals surface area contributed by atoms with Crippen molar-refractivity contribution in [3.63, 3.8) is 0 Å². The number of hydrogen-bond donors (Lipinski definition) is 0. The summed E-state index contributed by atoms with van der Waals surface area (Å²) >= 11 is 0. The molecule has 0 N–H and O–H groups in total. The molecule has 0 fully saturated rings. The molecule has 0 saturated heterocycles. The van der Waals surface area contributed by atoms with Gasteiger partial charge in [0.1, 0.15) is 0 Å². The number of aromatic nitrogens is 3. The third-order valence-corrected chi connectivity index (χ3v) is 12.7. The van der Waals surface area contributed by atoms with E-state index < -0.39 is 0 Å². The van der Waals surface area contributed by atoms with E-state index in [4.69, 9.17) is 4.98 Å². The summed E-state index contributed by atoms with van der Waals surface area (Å²) in [6, 6.07) is 76.7. The fourth-order valence-electron chi connectivity index (χ4n) is 9.13. The van der Waals surface area contributed by atoms with Crippen molar-refractivity contribution in [2.75, 3.05) is 0 Å². The standard InChI is InChI=1S/C64H47N4.Ir/c1-44-37-50(43-65)24-31-56(44)57-32-29-53(38-45(57)2)61-42-54(64-15-7-10-36-68-64)30-33-60(61)59-12-4-3-11-58(59)55-40-48(18-16-46-20-25-51(26-21-46)62-13-5-8-34-66-62)39-49(41-55)19-17-47-22-27-52(28-23-47)63-14-6-9-35-67-63;/h3-15,20-25,27,29,31-42H,16-19H2,1-2H3;/q-3;+3. The van der Waals surface area contributed by atoms with Crippen LogP contribution in [-0.2, 0) is 45.8 Å². The Morgan fingerprint density at radius 3 is 1.41 bits per heavy atom. The molecule has 0 aliphatic heterocycles. The number of aryl methyl sites for hydroxylation is 6. The number of benzene rings is 7. The van der Waals surface area contributed by atoms with Gasteiger partial charge in [0.25, 0.3) is 0 Å². The first kappa shape index (κ1) is 46.2. The number of pyridine rings is 3. The summed E-state index contributed by atoms with van der Waals surface area (Å²) in [7, 11) is 0. The zero-order chi connectivity index (χ0) is 46.2. The summed E-state index contributed by atoms with van der Waals surface area (Å²) in [5.41, 5.74) is 22.7. The van der Waals surface area contributed by atoms with E-state index in [2.05, 4.69) is 163 Å². The van der Waals surface area contributed by atoms with Crippen molar-refractivity contribution in [1.82, 2.24) is 15.0 Å². The minimum Gasteiger partial charge on any atom is -0.305 e. The molecule has 0 aliphatic carbocycles. The van der Waals surface area contributed by atoms with Gasteiger partial charge in [-0.05, 0) is 124 Å². The van der Waals surface area contributed by atoms with Crippen LogP contribution in [-0.4, -0.2) is 15.0 Å². The predicted octanol–water partition coefficient (Wildman–Crippen LogP) is 15.0. The van der Waals surface area contributed by atoms with Crippen LogP contribution < -0.4 is 0 Å². The average molecular weight is 1060 g/mol. The molecule has 0 spiro atoms. The van der Waals surface area contributed by atoms with E-state index in [1.165, 1.54) is 33.4 Å². The van der Waals surface area contributed by atoms with Crippen LogP contribution in [0.4, 0.5) is 0 Å².